The lowest BCUT2D eigenvalue weighted by Gasteiger charge is -2.21. The third-order valence-electron chi connectivity index (χ3n) is 4.74. The van der Waals surface area contributed by atoms with E-state index in [0.717, 1.165) is 9.13 Å². The molecule has 2 heterocycles. The zero-order valence-corrected chi connectivity index (χ0v) is 15.8. The first-order valence-corrected chi connectivity index (χ1v) is 8.40. The van der Waals surface area contributed by atoms with E-state index in [1.807, 2.05) is 0 Å². The van der Waals surface area contributed by atoms with Crippen LogP contribution < -0.4 is 16.0 Å². The van der Waals surface area contributed by atoms with Gasteiger partial charge in [-0.1, -0.05) is 6.07 Å². The molecule has 1 aliphatic rings. The molecular formula is C18H20N4O6. The summed E-state index contributed by atoms with van der Waals surface area (Å²) in [7, 11) is 4.05. The van der Waals surface area contributed by atoms with Gasteiger partial charge in [-0.3, -0.25) is 18.7 Å². The van der Waals surface area contributed by atoms with Crippen LogP contribution in [0.4, 0.5) is 0 Å². The van der Waals surface area contributed by atoms with Crippen molar-refractivity contribution in [2.75, 3.05) is 7.11 Å². The number of benzene rings is 1. The Morgan fingerprint density at radius 2 is 1.89 bits per heavy atom. The molecule has 0 unspecified atom stereocenters. The second-order valence-corrected chi connectivity index (χ2v) is 6.47. The molecule has 2 aromatic rings. The van der Waals surface area contributed by atoms with Crippen LogP contribution in [0.5, 0.6) is 17.4 Å². The van der Waals surface area contributed by atoms with Crippen molar-refractivity contribution in [1.29, 1.82) is 0 Å². The minimum Gasteiger partial charge on any atom is -0.504 e. The third-order valence-corrected chi connectivity index (χ3v) is 4.74. The van der Waals surface area contributed by atoms with Crippen molar-refractivity contribution in [1.82, 2.24) is 14.1 Å². The van der Waals surface area contributed by atoms with E-state index in [4.69, 9.17) is 4.74 Å². The largest absolute Gasteiger partial charge is 0.504 e. The van der Waals surface area contributed by atoms with E-state index in [0.29, 0.717) is 5.56 Å². The molecule has 0 bridgehead atoms. The summed E-state index contributed by atoms with van der Waals surface area (Å²) in [5, 5.41) is 25.8. The van der Waals surface area contributed by atoms with Gasteiger partial charge in [-0.05, 0) is 17.7 Å². The van der Waals surface area contributed by atoms with Gasteiger partial charge in [0.2, 0.25) is 11.8 Å². The Morgan fingerprint density at radius 3 is 2.46 bits per heavy atom. The van der Waals surface area contributed by atoms with Crippen molar-refractivity contribution in [2.24, 2.45) is 19.2 Å². The Balaban J connectivity index is 2.11. The molecule has 3 rings (SSSR count). The van der Waals surface area contributed by atoms with Gasteiger partial charge < -0.3 is 14.9 Å². The minimum absolute atomic E-state index is 0.0992. The van der Waals surface area contributed by atoms with Gasteiger partial charge in [0.1, 0.15) is 5.56 Å². The molecule has 28 heavy (non-hydrogen) atoms. The van der Waals surface area contributed by atoms with Gasteiger partial charge in [0.05, 0.1) is 18.9 Å². The van der Waals surface area contributed by atoms with E-state index in [1.54, 1.807) is 12.1 Å². The Bertz CT molecular complexity index is 1110. The van der Waals surface area contributed by atoms with Gasteiger partial charge in [0.15, 0.2) is 11.5 Å². The summed E-state index contributed by atoms with van der Waals surface area (Å²) >= 11 is 0. The lowest BCUT2D eigenvalue weighted by molar-refractivity contribution is -0.130. The zero-order valence-electron chi connectivity index (χ0n) is 15.8. The van der Waals surface area contributed by atoms with Crippen molar-refractivity contribution in [3.8, 4) is 17.4 Å². The molecule has 10 nitrogen and oxygen atoms in total. The summed E-state index contributed by atoms with van der Waals surface area (Å²) in [6, 6.07) is 4.10. The number of aromatic hydroxyl groups is 2. The molecular weight excluding hydrogens is 368 g/mol. The molecule has 0 radical (unpaired) electrons. The summed E-state index contributed by atoms with van der Waals surface area (Å²) in [6.07, 6.45) is 0.117. The number of phenolic OH excluding ortho intramolecular Hbond substituents is 1. The van der Waals surface area contributed by atoms with Gasteiger partial charge in [0.25, 0.3) is 5.56 Å². The Labute approximate surface area is 159 Å². The number of carbonyl (C=O) groups is 1. The van der Waals surface area contributed by atoms with Crippen LogP contribution in [0.3, 0.4) is 0 Å². The minimum atomic E-state index is -0.707. The van der Waals surface area contributed by atoms with Crippen molar-refractivity contribution >= 4 is 11.6 Å². The third kappa shape index (κ3) is 2.92. The summed E-state index contributed by atoms with van der Waals surface area (Å²) in [5.74, 6) is -0.718. The maximum absolute atomic E-state index is 12.6. The van der Waals surface area contributed by atoms with Gasteiger partial charge in [0, 0.05) is 27.4 Å². The zero-order chi connectivity index (χ0) is 20.7. The molecule has 0 saturated carbocycles. The molecule has 0 fully saturated rings. The van der Waals surface area contributed by atoms with Crippen LogP contribution in [0, 0.1) is 0 Å². The monoisotopic (exact) mass is 388 g/mol. The van der Waals surface area contributed by atoms with Crippen LogP contribution in [0.2, 0.25) is 0 Å². The molecule has 1 aliphatic heterocycles. The van der Waals surface area contributed by atoms with Crippen molar-refractivity contribution in [3.63, 3.8) is 0 Å². The summed E-state index contributed by atoms with van der Waals surface area (Å²) in [6.45, 7) is 1.32. The molecule has 1 aromatic carbocycles. The first kappa shape index (κ1) is 19.2. The van der Waals surface area contributed by atoms with Crippen molar-refractivity contribution < 1.29 is 19.7 Å². The Hall–Kier alpha value is -3.56. The van der Waals surface area contributed by atoms with E-state index < -0.39 is 23.2 Å². The molecule has 0 saturated heterocycles. The molecule has 1 atom stereocenters. The molecule has 0 spiro atoms. The van der Waals surface area contributed by atoms with Crippen LogP contribution in [0.15, 0.2) is 32.9 Å². The standard InChI is InChI=1S/C18H20N4O6/c1-9(23)22-12(10-5-6-14(28-4)13(24)7-10)8-11(19-22)15-16(25)20(2)18(27)21(3)17(15)26/h5-7,12,24-25H,8H2,1-4H3/t12-/m1/s1. The molecule has 2 N–H and O–H groups in total. The first-order valence-electron chi connectivity index (χ1n) is 8.40. The lowest BCUT2D eigenvalue weighted by atomic mass is 9.98. The maximum atomic E-state index is 12.6. The van der Waals surface area contributed by atoms with Gasteiger partial charge >= 0.3 is 5.69 Å². The van der Waals surface area contributed by atoms with Gasteiger partial charge in [-0.15, -0.1) is 0 Å². The van der Waals surface area contributed by atoms with Crippen LogP contribution in [0.25, 0.3) is 0 Å². The van der Waals surface area contributed by atoms with Gasteiger partial charge in [-0.2, -0.15) is 5.10 Å². The molecule has 1 aromatic heterocycles. The van der Waals surface area contributed by atoms with E-state index in [9.17, 15) is 24.6 Å². The Kier molecular flexibility index (Phi) is 4.72. The number of nitrogens with zero attached hydrogens (tertiary/aromatic N) is 4. The number of carbonyl (C=O) groups excluding carboxylic acids is 1. The highest BCUT2D eigenvalue weighted by atomic mass is 16.5. The Morgan fingerprint density at radius 1 is 1.21 bits per heavy atom. The fraction of sp³-hybridized carbons (Fsp3) is 0.333. The van der Waals surface area contributed by atoms with E-state index >= 15 is 0 Å². The summed E-state index contributed by atoms with van der Waals surface area (Å²) in [4.78, 5) is 36.6. The second-order valence-electron chi connectivity index (χ2n) is 6.47. The normalized spacial score (nSPS) is 16.2. The maximum Gasteiger partial charge on any atom is 0.333 e. The average Bonchev–Trinajstić information content (AvgIpc) is 3.10. The quantitative estimate of drug-likeness (QED) is 0.774. The fourth-order valence-electron chi connectivity index (χ4n) is 3.21. The highest BCUT2D eigenvalue weighted by molar-refractivity contribution is 6.04. The number of methoxy groups -OCH3 is 1. The number of ether oxygens (including phenoxy) is 1. The van der Waals surface area contributed by atoms with E-state index in [-0.39, 0.29) is 35.1 Å². The number of phenols is 1. The molecule has 10 heteroatoms. The second kappa shape index (κ2) is 6.87. The predicted octanol–water partition coefficient (Wildman–Crippen LogP) is 0.201. The van der Waals surface area contributed by atoms with Crippen LogP contribution in [-0.4, -0.2) is 43.1 Å². The number of aromatic nitrogens is 2. The van der Waals surface area contributed by atoms with Crippen molar-refractivity contribution in [2.45, 2.75) is 19.4 Å². The number of hydrogen-bond donors (Lipinski definition) is 2. The highest BCUT2D eigenvalue weighted by Gasteiger charge is 2.35. The fourth-order valence-corrected chi connectivity index (χ4v) is 3.21. The summed E-state index contributed by atoms with van der Waals surface area (Å²) < 4.78 is 6.83. The van der Waals surface area contributed by atoms with Crippen molar-refractivity contribution in [3.05, 3.63) is 50.2 Å². The topological polar surface area (TPSA) is 126 Å². The molecule has 1 amide bonds. The van der Waals surface area contributed by atoms with Crippen LogP contribution in [-0.2, 0) is 18.9 Å². The smallest absolute Gasteiger partial charge is 0.333 e. The lowest BCUT2D eigenvalue weighted by Crippen LogP contribution is -2.39. The number of amides is 1. The number of hydrazone groups is 1. The SMILES string of the molecule is COc1ccc([C@H]2CC(c3c(O)n(C)c(=O)n(C)c3=O)=NN2C(C)=O)cc1O. The van der Waals surface area contributed by atoms with Gasteiger partial charge in [-0.25, -0.2) is 9.80 Å². The number of rotatable bonds is 3. The van der Waals surface area contributed by atoms with Crippen LogP contribution in [0.1, 0.15) is 30.5 Å². The number of hydrogen-bond acceptors (Lipinski definition) is 7. The van der Waals surface area contributed by atoms with E-state index in [1.165, 1.54) is 39.2 Å². The molecule has 0 aliphatic carbocycles. The first-order chi connectivity index (χ1) is 13.2. The predicted molar refractivity (Wildman–Crippen MR) is 99.7 cm³/mol. The molecule has 148 valence electrons. The van der Waals surface area contributed by atoms with Crippen LogP contribution >= 0.6 is 0 Å². The van der Waals surface area contributed by atoms with E-state index in [2.05, 4.69) is 5.10 Å². The highest BCUT2D eigenvalue weighted by Crippen LogP contribution is 2.37. The summed E-state index contributed by atoms with van der Waals surface area (Å²) in [5.41, 5.74) is -0.778. The average molecular weight is 388 g/mol.